The molecule has 21 heavy (non-hydrogen) atoms. The van der Waals surface area contributed by atoms with E-state index in [1.165, 1.54) is 4.90 Å². The Bertz CT molecular complexity index is 516. The molecule has 0 aliphatic carbocycles. The molecule has 116 valence electrons. The predicted molar refractivity (Wildman–Crippen MR) is 83.5 cm³/mol. The van der Waals surface area contributed by atoms with Crippen LogP contribution in [-0.4, -0.2) is 42.1 Å². The van der Waals surface area contributed by atoms with Crippen LogP contribution >= 0.6 is 15.9 Å². The first kappa shape index (κ1) is 17.5. The quantitative estimate of drug-likeness (QED) is 0.814. The molecule has 0 saturated carbocycles. The summed E-state index contributed by atoms with van der Waals surface area (Å²) in [6, 6.07) is 5.38. The van der Waals surface area contributed by atoms with Gasteiger partial charge >= 0.3 is 5.97 Å². The van der Waals surface area contributed by atoms with E-state index in [2.05, 4.69) is 15.9 Å². The zero-order chi connectivity index (χ0) is 16.0. The van der Waals surface area contributed by atoms with Crippen molar-refractivity contribution in [3.05, 3.63) is 28.2 Å². The first-order chi connectivity index (χ1) is 9.83. The fraction of sp³-hybridized carbons (Fsp3) is 0.467. The second-order valence-corrected chi connectivity index (χ2v) is 6.05. The van der Waals surface area contributed by atoms with Gasteiger partial charge in [-0.05, 0) is 29.7 Å². The lowest BCUT2D eigenvalue weighted by Crippen LogP contribution is -2.39. The number of carbonyl (C=O) groups excluding carboxylic acids is 1. The Labute approximate surface area is 133 Å². The smallest absolute Gasteiger partial charge is 0.323 e. The van der Waals surface area contributed by atoms with Gasteiger partial charge in [0.25, 0.3) is 0 Å². The third kappa shape index (κ3) is 5.75. The van der Waals surface area contributed by atoms with Crippen LogP contribution in [0.1, 0.15) is 19.4 Å². The average Bonchev–Trinajstić information content (AvgIpc) is 2.39. The summed E-state index contributed by atoms with van der Waals surface area (Å²) in [5.41, 5.74) is 0.776. The van der Waals surface area contributed by atoms with Crippen LogP contribution in [0.3, 0.4) is 0 Å². The number of carboxylic acids is 1. The van der Waals surface area contributed by atoms with E-state index >= 15 is 0 Å². The standard InChI is InChI=1S/C15H20BrNO4/c1-10(2)8-17(9-15(19)20)14(18)7-11-6-12(21-3)4-5-13(11)16/h4-6,10H,7-9H2,1-3H3,(H,19,20). The number of nitrogens with zero attached hydrogens (tertiary/aromatic N) is 1. The van der Waals surface area contributed by atoms with Crippen molar-refractivity contribution in [1.82, 2.24) is 4.90 Å². The lowest BCUT2D eigenvalue weighted by Gasteiger charge is -2.23. The average molecular weight is 358 g/mol. The number of halogens is 1. The van der Waals surface area contributed by atoms with E-state index in [0.29, 0.717) is 12.3 Å². The summed E-state index contributed by atoms with van der Waals surface area (Å²) in [6.07, 6.45) is 0.137. The molecular weight excluding hydrogens is 338 g/mol. The van der Waals surface area contributed by atoms with E-state index in [-0.39, 0.29) is 24.8 Å². The third-order valence-electron chi connectivity index (χ3n) is 2.86. The third-order valence-corrected chi connectivity index (χ3v) is 3.63. The van der Waals surface area contributed by atoms with Gasteiger partial charge in [0.15, 0.2) is 0 Å². The zero-order valence-corrected chi connectivity index (χ0v) is 14.0. The van der Waals surface area contributed by atoms with Crippen LogP contribution in [0.2, 0.25) is 0 Å². The van der Waals surface area contributed by atoms with E-state index in [1.54, 1.807) is 19.2 Å². The SMILES string of the molecule is COc1ccc(Br)c(CC(=O)N(CC(=O)O)CC(C)C)c1. The van der Waals surface area contributed by atoms with Crippen molar-refractivity contribution in [3.63, 3.8) is 0 Å². The number of carbonyl (C=O) groups is 2. The van der Waals surface area contributed by atoms with E-state index in [9.17, 15) is 9.59 Å². The van der Waals surface area contributed by atoms with Crippen molar-refractivity contribution in [2.75, 3.05) is 20.2 Å². The molecule has 0 saturated heterocycles. The van der Waals surface area contributed by atoms with Crippen molar-refractivity contribution < 1.29 is 19.4 Å². The minimum absolute atomic E-state index is 0.137. The van der Waals surface area contributed by atoms with Crippen molar-refractivity contribution in [2.24, 2.45) is 5.92 Å². The molecule has 1 aromatic rings. The number of ether oxygens (including phenoxy) is 1. The lowest BCUT2D eigenvalue weighted by atomic mass is 10.1. The Hall–Kier alpha value is -1.56. The number of aliphatic carboxylic acids is 1. The predicted octanol–water partition coefficient (Wildman–Crippen LogP) is 2.57. The maximum Gasteiger partial charge on any atom is 0.323 e. The molecular formula is C15H20BrNO4. The monoisotopic (exact) mass is 357 g/mol. The second-order valence-electron chi connectivity index (χ2n) is 5.20. The summed E-state index contributed by atoms with van der Waals surface area (Å²) in [4.78, 5) is 24.6. The maximum atomic E-state index is 12.3. The Kier molecular flexibility index (Phi) is 6.68. The van der Waals surface area contributed by atoms with Gasteiger partial charge in [0.05, 0.1) is 13.5 Å². The molecule has 5 nitrogen and oxygen atoms in total. The molecule has 1 N–H and O–H groups in total. The van der Waals surface area contributed by atoms with Crippen molar-refractivity contribution in [3.8, 4) is 5.75 Å². The highest BCUT2D eigenvalue weighted by molar-refractivity contribution is 9.10. The van der Waals surface area contributed by atoms with Gasteiger partial charge in [-0.3, -0.25) is 9.59 Å². The van der Waals surface area contributed by atoms with Crippen LogP contribution in [0.4, 0.5) is 0 Å². The summed E-state index contributed by atoms with van der Waals surface area (Å²) >= 11 is 3.40. The largest absolute Gasteiger partial charge is 0.497 e. The highest BCUT2D eigenvalue weighted by atomic mass is 79.9. The molecule has 0 heterocycles. The molecule has 0 spiro atoms. The minimum Gasteiger partial charge on any atom is -0.497 e. The van der Waals surface area contributed by atoms with Gasteiger partial charge in [-0.1, -0.05) is 29.8 Å². The lowest BCUT2D eigenvalue weighted by molar-refractivity contribution is -0.144. The van der Waals surface area contributed by atoms with E-state index in [1.807, 2.05) is 19.9 Å². The van der Waals surface area contributed by atoms with Gasteiger partial charge in [-0.25, -0.2) is 0 Å². The molecule has 0 aliphatic rings. The number of hydrogen-bond acceptors (Lipinski definition) is 3. The summed E-state index contributed by atoms with van der Waals surface area (Å²) < 4.78 is 5.94. The van der Waals surface area contributed by atoms with Gasteiger partial charge in [0.2, 0.25) is 5.91 Å². The van der Waals surface area contributed by atoms with Crippen LogP contribution in [0.25, 0.3) is 0 Å². The molecule has 1 aromatic carbocycles. The molecule has 0 bridgehead atoms. The molecule has 0 radical (unpaired) electrons. The van der Waals surface area contributed by atoms with Crippen LogP contribution in [0.5, 0.6) is 5.75 Å². The summed E-state index contributed by atoms with van der Waals surface area (Å²) in [6.45, 7) is 4.04. The number of amides is 1. The Morgan fingerprint density at radius 2 is 2.05 bits per heavy atom. The number of rotatable bonds is 7. The maximum absolute atomic E-state index is 12.3. The van der Waals surface area contributed by atoms with Gasteiger partial charge < -0.3 is 14.7 Å². The molecule has 0 aromatic heterocycles. The normalized spacial score (nSPS) is 10.5. The molecule has 1 amide bonds. The molecule has 0 fully saturated rings. The van der Waals surface area contributed by atoms with Gasteiger partial charge in [0, 0.05) is 11.0 Å². The van der Waals surface area contributed by atoms with E-state index < -0.39 is 5.97 Å². The van der Waals surface area contributed by atoms with Crippen molar-refractivity contribution in [2.45, 2.75) is 20.3 Å². The second kappa shape index (κ2) is 8.02. The van der Waals surface area contributed by atoms with E-state index in [0.717, 1.165) is 10.0 Å². The molecule has 6 heteroatoms. The first-order valence-corrected chi connectivity index (χ1v) is 7.44. The highest BCUT2D eigenvalue weighted by Crippen LogP contribution is 2.23. The van der Waals surface area contributed by atoms with Gasteiger partial charge in [0.1, 0.15) is 12.3 Å². The molecule has 1 rings (SSSR count). The molecule has 0 atom stereocenters. The van der Waals surface area contributed by atoms with Gasteiger partial charge in [-0.15, -0.1) is 0 Å². The Morgan fingerprint density at radius 1 is 1.38 bits per heavy atom. The topological polar surface area (TPSA) is 66.8 Å². The van der Waals surface area contributed by atoms with Crippen LogP contribution in [0.15, 0.2) is 22.7 Å². The Morgan fingerprint density at radius 3 is 2.57 bits per heavy atom. The minimum atomic E-state index is -1.01. The van der Waals surface area contributed by atoms with E-state index in [4.69, 9.17) is 9.84 Å². The number of carboxylic acid groups (broad SMARTS) is 1. The fourth-order valence-corrected chi connectivity index (χ4v) is 2.33. The molecule has 0 unspecified atom stereocenters. The summed E-state index contributed by atoms with van der Waals surface area (Å²) in [5, 5.41) is 8.93. The highest BCUT2D eigenvalue weighted by Gasteiger charge is 2.19. The zero-order valence-electron chi connectivity index (χ0n) is 12.4. The molecule has 0 aliphatic heterocycles. The van der Waals surface area contributed by atoms with Crippen LogP contribution < -0.4 is 4.74 Å². The van der Waals surface area contributed by atoms with Crippen LogP contribution in [-0.2, 0) is 16.0 Å². The van der Waals surface area contributed by atoms with Crippen molar-refractivity contribution >= 4 is 27.8 Å². The van der Waals surface area contributed by atoms with Crippen molar-refractivity contribution in [1.29, 1.82) is 0 Å². The number of methoxy groups -OCH3 is 1. The first-order valence-electron chi connectivity index (χ1n) is 6.65. The summed E-state index contributed by atoms with van der Waals surface area (Å²) in [5.74, 6) is -0.342. The fourth-order valence-electron chi connectivity index (χ4n) is 1.95. The number of benzene rings is 1. The summed E-state index contributed by atoms with van der Waals surface area (Å²) in [7, 11) is 1.56. The van der Waals surface area contributed by atoms with Crippen LogP contribution in [0, 0.1) is 5.92 Å². The Balaban J connectivity index is 2.87. The van der Waals surface area contributed by atoms with Gasteiger partial charge in [-0.2, -0.15) is 0 Å². The number of hydrogen-bond donors (Lipinski definition) is 1.